The number of benzene rings is 6. The van der Waals surface area contributed by atoms with Crippen molar-refractivity contribution in [2.24, 2.45) is 5.92 Å². The summed E-state index contributed by atoms with van der Waals surface area (Å²) in [7, 11) is 0. The number of hydrogen-bond donors (Lipinski definition) is 1. The Hall–Kier alpha value is -4.83. The van der Waals surface area contributed by atoms with E-state index in [2.05, 4.69) is 72.5 Å². The third kappa shape index (κ3) is 2.87. The molecule has 0 saturated carbocycles. The molecule has 0 spiro atoms. The van der Waals surface area contributed by atoms with Crippen LogP contribution in [0.3, 0.4) is 0 Å². The van der Waals surface area contributed by atoms with E-state index in [1.165, 1.54) is 38.1 Å². The van der Waals surface area contributed by atoms with Crippen molar-refractivity contribution < 1.29 is 5.11 Å². The van der Waals surface area contributed by atoms with Gasteiger partial charge in [0.25, 0.3) is 0 Å². The van der Waals surface area contributed by atoms with Gasteiger partial charge in [-0.3, -0.25) is 0 Å². The minimum atomic E-state index is 0.196. The highest BCUT2D eigenvalue weighted by molar-refractivity contribution is 6.15. The summed E-state index contributed by atoms with van der Waals surface area (Å²) in [6.45, 7) is 0. The van der Waals surface area contributed by atoms with Gasteiger partial charge in [-0.15, -0.1) is 5.73 Å². The van der Waals surface area contributed by atoms with E-state index in [0.717, 1.165) is 50.6 Å². The summed E-state index contributed by atoms with van der Waals surface area (Å²) in [6.07, 6.45) is 8.37. The molecule has 0 heterocycles. The molecule has 172 valence electrons. The van der Waals surface area contributed by atoms with Gasteiger partial charge in [-0.25, -0.2) is 0 Å². The largest absolute Gasteiger partial charge is 0.507 e. The molecule has 2 heteroatoms. The molecule has 1 atom stereocenters. The molecule has 0 aliphatic heterocycles. The van der Waals surface area contributed by atoms with Gasteiger partial charge in [0.2, 0.25) is 0 Å². The number of rotatable bonds is 1. The van der Waals surface area contributed by atoms with Crippen molar-refractivity contribution in [3.05, 3.63) is 117 Å². The number of phenols is 1. The summed E-state index contributed by atoms with van der Waals surface area (Å²) in [4.78, 5) is 0. The summed E-state index contributed by atoms with van der Waals surface area (Å²) in [6, 6.07) is 27.5. The Labute approximate surface area is 213 Å². The van der Waals surface area contributed by atoms with Crippen LogP contribution in [0.4, 0.5) is 0 Å². The van der Waals surface area contributed by atoms with E-state index in [1.807, 2.05) is 30.3 Å². The van der Waals surface area contributed by atoms with Gasteiger partial charge >= 0.3 is 0 Å². The predicted octanol–water partition coefficient (Wildman–Crippen LogP) is 6.39. The molecule has 0 fully saturated rings. The molecule has 0 bridgehead atoms. The maximum Gasteiger partial charge on any atom is 0.124 e. The van der Waals surface area contributed by atoms with E-state index in [9.17, 15) is 10.4 Å². The lowest BCUT2D eigenvalue weighted by atomic mass is 9.84. The smallest absolute Gasteiger partial charge is 0.124 e. The van der Waals surface area contributed by atoms with Crippen molar-refractivity contribution in [3.63, 3.8) is 0 Å². The molecule has 1 N–H and O–H groups in total. The van der Waals surface area contributed by atoms with Crippen LogP contribution in [0.2, 0.25) is 0 Å². The molecule has 0 aromatic heterocycles. The van der Waals surface area contributed by atoms with E-state index in [0.29, 0.717) is 5.75 Å². The fourth-order valence-corrected chi connectivity index (χ4v) is 6.60. The van der Waals surface area contributed by atoms with Crippen molar-refractivity contribution in [3.8, 4) is 11.8 Å². The maximum absolute atomic E-state index is 10.7. The first kappa shape index (κ1) is 20.4. The summed E-state index contributed by atoms with van der Waals surface area (Å²) in [5.74, 6) is 0.531. The number of phenolic OH excluding ortho intramolecular Hbond substituents is 1. The van der Waals surface area contributed by atoms with Crippen LogP contribution < -0.4 is 10.4 Å². The molecule has 6 aromatic carbocycles. The molecule has 1 unspecified atom stereocenters. The normalized spacial score (nSPS) is 16.0. The maximum atomic E-state index is 10.7. The number of allylic oxidation sites excluding steroid dienone is 1. The van der Waals surface area contributed by atoms with Gasteiger partial charge in [-0.05, 0) is 84.8 Å². The van der Waals surface area contributed by atoms with Gasteiger partial charge in [0, 0.05) is 28.5 Å². The third-order valence-corrected chi connectivity index (χ3v) is 8.16. The average molecular weight is 472 g/mol. The highest BCUT2D eigenvalue weighted by Crippen LogP contribution is 2.35. The Kier molecular flexibility index (Phi) is 4.04. The first-order valence-electron chi connectivity index (χ1n) is 12.7. The van der Waals surface area contributed by atoms with Crippen molar-refractivity contribution in [2.75, 3.05) is 0 Å². The van der Waals surface area contributed by atoms with Crippen molar-refractivity contribution in [2.45, 2.75) is 12.8 Å². The van der Waals surface area contributed by atoms with Crippen LogP contribution in [0.5, 0.6) is 5.75 Å². The number of nitrogens with zero attached hydrogens (tertiary/aromatic N) is 1. The zero-order valence-electron chi connectivity index (χ0n) is 20.0. The summed E-state index contributed by atoms with van der Waals surface area (Å²) >= 11 is 0. The third-order valence-electron chi connectivity index (χ3n) is 8.16. The Morgan fingerprint density at radius 3 is 2.32 bits per heavy atom. The quantitative estimate of drug-likeness (QED) is 0.283. The molecular formula is C35H21NO. The topological polar surface area (TPSA) is 44.0 Å². The Morgan fingerprint density at radius 2 is 1.51 bits per heavy atom. The molecule has 2 aliphatic rings. The van der Waals surface area contributed by atoms with E-state index < -0.39 is 0 Å². The molecule has 8 rings (SSSR count). The van der Waals surface area contributed by atoms with Gasteiger partial charge in [-0.1, -0.05) is 66.7 Å². The lowest BCUT2D eigenvalue weighted by molar-refractivity contribution is 0.481. The average Bonchev–Trinajstić information content (AvgIpc) is 2.93. The number of nitriles is 1. The minimum absolute atomic E-state index is 0.196. The molecule has 0 saturated heterocycles. The van der Waals surface area contributed by atoms with Crippen LogP contribution in [0.25, 0.3) is 55.2 Å². The minimum Gasteiger partial charge on any atom is -0.507 e. The predicted molar refractivity (Wildman–Crippen MR) is 151 cm³/mol. The second-order valence-electron chi connectivity index (χ2n) is 10.3. The molecule has 6 aromatic rings. The van der Waals surface area contributed by atoms with Crippen LogP contribution in [0, 0.1) is 17.2 Å². The zero-order valence-corrected chi connectivity index (χ0v) is 20.0. The standard InChI is InChI=1S/C35H21NO/c36-19-28-17-26-15-20(13-24-11-9-22-3-1-5-29(28)34(22)32(24)26)7-8-21-14-25-12-10-23-4-2-6-30-31(37)18-27(16-21)33(25)35(23)30/h1-6,8-12,15-18,21,37H,13-14H2. The van der Waals surface area contributed by atoms with E-state index >= 15 is 0 Å². The van der Waals surface area contributed by atoms with Crippen molar-refractivity contribution in [1.29, 1.82) is 5.26 Å². The second-order valence-corrected chi connectivity index (χ2v) is 10.3. The summed E-state index contributed by atoms with van der Waals surface area (Å²) in [5, 5.41) is 31.9. The fraction of sp³-hybridized carbons (Fsp3) is 0.0857. The molecule has 2 nitrogen and oxygen atoms in total. The first-order chi connectivity index (χ1) is 18.2. The van der Waals surface area contributed by atoms with E-state index in [1.54, 1.807) is 0 Å². The highest BCUT2D eigenvalue weighted by atomic mass is 16.3. The van der Waals surface area contributed by atoms with E-state index in [-0.39, 0.29) is 5.92 Å². The monoisotopic (exact) mass is 471 g/mol. The van der Waals surface area contributed by atoms with Crippen LogP contribution in [0.1, 0.15) is 16.7 Å². The van der Waals surface area contributed by atoms with Crippen LogP contribution in [-0.4, -0.2) is 5.11 Å². The molecule has 0 radical (unpaired) electrons. The Morgan fingerprint density at radius 1 is 0.784 bits per heavy atom. The van der Waals surface area contributed by atoms with Crippen molar-refractivity contribution in [1.82, 2.24) is 0 Å². The first-order valence-corrected chi connectivity index (χ1v) is 12.7. The Balaban J connectivity index is 1.30. The van der Waals surface area contributed by atoms with Crippen LogP contribution >= 0.6 is 0 Å². The van der Waals surface area contributed by atoms with Gasteiger partial charge < -0.3 is 5.11 Å². The highest BCUT2D eigenvalue weighted by Gasteiger charge is 2.18. The molecule has 0 amide bonds. The Bertz CT molecular complexity index is 2200. The van der Waals surface area contributed by atoms with Crippen LogP contribution in [-0.2, 0) is 12.8 Å². The SMILES string of the molecule is N#Cc1cc2c3c(ccc4cccc1c43)CC(=C=CC1C=c3cc(O)c4cccc5ccc(c3c54)C1)C=2. The van der Waals surface area contributed by atoms with Gasteiger partial charge in [0.1, 0.15) is 5.75 Å². The van der Waals surface area contributed by atoms with Gasteiger partial charge in [0.15, 0.2) is 0 Å². The second kappa shape index (κ2) is 7.34. The lowest BCUT2D eigenvalue weighted by Crippen LogP contribution is -2.16. The zero-order chi connectivity index (χ0) is 24.7. The molecule has 37 heavy (non-hydrogen) atoms. The van der Waals surface area contributed by atoms with E-state index in [4.69, 9.17) is 0 Å². The van der Waals surface area contributed by atoms with Crippen molar-refractivity contribution >= 4 is 55.2 Å². The summed E-state index contributed by atoms with van der Waals surface area (Å²) in [5.41, 5.74) is 8.06. The van der Waals surface area contributed by atoms with Crippen LogP contribution in [0.15, 0.2) is 90.2 Å². The summed E-state index contributed by atoms with van der Waals surface area (Å²) < 4.78 is 0. The number of aromatic hydroxyl groups is 1. The molecule has 2 aliphatic carbocycles. The van der Waals surface area contributed by atoms with Gasteiger partial charge in [-0.2, -0.15) is 5.26 Å². The van der Waals surface area contributed by atoms with Gasteiger partial charge in [0.05, 0.1) is 11.6 Å². The molecular weight excluding hydrogens is 450 g/mol. The lowest BCUT2D eigenvalue weighted by Gasteiger charge is -2.19. The number of hydrogen-bond acceptors (Lipinski definition) is 2. The fourth-order valence-electron chi connectivity index (χ4n) is 6.60.